The number of nitrogens with one attached hydrogen (secondary N) is 3. The molecule has 0 saturated heterocycles. The van der Waals surface area contributed by atoms with Gasteiger partial charge in [0.25, 0.3) is 5.91 Å². The molecule has 23 heavy (non-hydrogen) atoms. The molecule has 1 aromatic heterocycles. The second kappa shape index (κ2) is 7.95. The van der Waals surface area contributed by atoms with Gasteiger partial charge in [-0.05, 0) is 36.5 Å². The van der Waals surface area contributed by atoms with Crippen molar-refractivity contribution in [2.45, 2.75) is 0 Å². The maximum atomic E-state index is 11.9. The number of pyridine rings is 1. The molecule has 0 spiro atoms. The van der Waals surface area contributed by atoms with Gasteiger partial charge in [0, 0.05) is 18.5 Å². The van der Waals surface area contributed by atoms with Gasteiger partial charge in [-0.25, -0.2) is 0 Å². The Morgan fingerprint density at radius 3 is 2.65 bits per heavy atom. The van der Waals surface area contributed by atoms with Crippen molar-refractivity contribution in [2.75, 3.05) is 19.5 Å². The molecule has 0 aliphatic rings. The van der Waals surface area contributed by atoms with Crippen LogP contribution in [0.2, 0.25) is 0 Å². The number of hydrazine groups is 1. The monoisotopic (exact) mass is 332 g/mol. The van der Waals surface area contributed by atoms with Crippen molar-refractivity contribution in [3.8, 4) is 11.5 Å². The van der Waals surface area contributed by atoms with Gasteiger partial charge in [-0.2, -0.15) is 0 Å². The van der Waals surface area contributed by atoms with Gasteiger partial charge >= 0.3 is 0 Å². The second-order valence-corrected chi connectivity index (χ2v) is 4.75. The average Bonchev–Trinajstić information content (AvgIpc) is 2.60. The quantitative estimate of drug-likeness (QED) is 0.581. The smallest absolute Gasteiger partial charge is 0.271 e. The van der Waals surface area contributed by atoms with Crippen molar-refractivity contribution in [3.05, 3.63) is 48.3 Å². The number of aromatic nitrogens is 1. The predicted molar refractivity (Wildman–Crippen MR) is 90.6 cm³/mol. The van der Waals surface area contributed by atoms with E-state index in [2.05, 4.69) is 21.2 Å². The van der Waals surface area contributed by atoms with Gasteiger partial charge in [0.05, 0.1) is 25.5 Å². The van der Waals surface area contributed by atoms with Crippen LogP contribution in [-0.2, 0) is 0 Å². The van der Waals surface area contributed by atoms with Gasteiger partial charge in [-0.3, -0.25) is 20.6 Å². The van der Waals surface area contributed by atoms with Gasteiger partial charge in [0.15, 0.2) is 5.11 Å². The van der Waals surface area contributed by atoms with E-state index in [1.807, 2.05) is 0 Å². The lowest BCUT2D eigenvalue weighted by atomic mass is 10.2. The number of hydrogen-bond acceptors (Lipinski definition) is 5. The van der Waals surface area contributed by atoms with Gasteiger partial charge in [0.2, 0.25) is 0 Å². The van der Waals surface area contributed by atoms with Crippen molar-refractivity contribution in [2.24, 2.45) is 0 Å². The zero-order valence-electron chi connectivity index (χ0n) is 12.6. The van der Waals surface area contributed by atoms with Crippen LogP contribution in [0, 0.1) is 0 Å². The minimum atomic E-state index is -0.347. The van der Waals surface area contributed by atoms with Crippen LogP contribution in [0.25, 0.3) is 0 Å². The summed E-state index contributed by atoms with van der Waals surface area (Å²) in [5, 5.41) is 3.13. The fourth-order valence-electron chi connectivity index (χ4n) is 1.75. The number of thiocarbonyl (C=S) groups is 1. The van der Waals surface area contributed by atoms with Gasteiger partial charge in [0.1, 0.15) is 11.5 Å². The summed E-state index contributed by atoms with van der Waals surface area (Å²) in [6.07, 6.45) is 3.05. The fraction of sp³-hybridized carbons (Fsp3) is 0.133. The van der Waals surface area contributed by atoms with E-state index in [0.29, 0.717) is 22.7 Å². The molecule has 1 heterocycles. The Balaban J connectivity index is 1.96. The maximum absolute atomic E-state index is 11.9. The third-order valence-electron chi connectivity index (χ3n) is 2.87. The summed E-state index contributed by atoms with van der Waals surface area (Å²) in [6.45, 7) is 0. The number of anilines is 1. The molecule has 0 fully saturated rings. The molecule has 2 rings (SSSR count). The molecule has 1 aromatic carbocycles. The lowest BCUT2D eigenvalue weighted by molar-refractivity contribution is 0.0944. The van der Waals surface area contributed by atoms with Crippen LogP contribution in [0.1, 0.15) is 10.4 Å². The first-order chi connectivity index (χ1) is 11.1. The summed E-state index contributed by atoms with van der Waals surface area (Å²) >= 11 is 5.14. The zero-order chi connectivity index (χ0) is 16.7. The molecule has 2 aromatic rings. The number of rotatable bonds is 4. The Bertz CT molecular complexity index is 694. The molecule has 1 amide bonds. The van der Waals surface area contributed by atoms with E-state index in [1.54, 1.807) is 50.7 Å². The number of ether oxygens (including phenoxy) is 2. The molecule has 7 nitrogen and oxygen atoms in total. The Morgan fingerprint density at radius 2 is 2.00 bits per heavy atom. The first kappa shape index (κ1) is 16.5. The molecule has 120 valence electrons. The van der Waals surface area contributed by atoms with Crippen molar-refractivity contribution in [1.29, 1.82) is 0 Å². The van der Waals surface area contributed by atoms with Crippen LogP contribution >= 0.6 is 12.2 Å². The first-order valence-electron chi connectivity index (χ1n) is 6.63. The molecule has 0 radical (unpaired) electrons. The summed E-state index contributed by atoms with van der Waals surface area (Å²) in [5.41, 5.74) is 6.12. The van der Waals surface area contributed by atoms with E-state index in [0.717, 1.165) is 0 Å². The van der Waals surface area contributed by atoms with Gasteiger partial charge in [-0.15, -0.1) is 0 Å². The summed E-state index contributed by atoms with van der Waals surface area (Å²) in [5.74, 6) is 0.892. The second-order valence-electron chi connectivity index (χ2n) is 4.34. The Morgan fingerprint density at radius 1 is 1.17 bits per heavy atom. The summed E-state index contributed by atoms with van der Waals surface area (Å²) in [6, 6.07) is 8.57. The van der Waals surface area contributed by atoms with E-state index >= 15 is 0 Å². The topological polar surface area (TPSA) is 84.5 Å². The van der Waals surface area contributed by atoms with Crippen molar-refractivity contribution in [3.63, 3.8) is 0 Å². The Labute approximate surface area is 139 Å². The Hall–Kier alpha value is -2.87. The lowest BCUT2D eigenvalue weighted by Gasteiger charge is -2.14. The number of carbonyl (C=O) groups excluding carboxylic acids is 1. The first-order valence-corrected chi connectivity index (χ1v) is 7.04. The van der Waals surface area contributed by atoms with Crippen LogP contribution in [-0.4, -0.2) is 30.2 Å². The molecule has 3 N–H and O–H groups in total. The van der Waals surface area contributed by atoms with Gasteiger partial charge in [-0.1, -0.05) is 0 Å². The number of nitrogens with zero attached hydrogens (tertiary/aromatic N) is 1. The number of methoxy groups -OCH3 is 2. The standard InChI is InChI=1S/C15H16N4O3S/c1-21-11-5-6-13(22-2)12(8-11)17-15(23)19-18-14(20)10-4-3-7-16-9-10/h3-9H,1-2H3,(H,18,20)(H2,17,19,23). The van der Waals surface area contributed by atoms with Crippen molar-refractivity contribution in [1.82, 2.24) is 15.8 Å². The van der Waals surface area contributed by atoms with Crippen molar-refractivity contribution >= 4 is 28.9 Å². The predicted octanol–water partition coefficient (Wildman–Crippen LogP) is 1.73. The number of carbonyl (C=O) groups is 1. The van der Waals surface area contributed by atoms with E-state index in [-0.39, 0.29) is 11.0 Å². The molecule has 8 heteroatoms. The number of hydrogen-bond donors (Lipinski definition) is 3. The highest BCUT2D eigenvalue weighted by Crippen LogP contribution is 2.28. The highest BCUT2D eigenvalue weighted by molar-refractivity contribution is 7.80. The highest BCUT2D eigenvalue weighted by Gasteiger charge is 2.08. The van der Waals surface area contributed by atoms with E-state index < -0.39 is 0 Å². The Kier molecular flexibility index (Phi) is 5.70. The lowest BCUT2D eigenvalue weighted by Crippen LogP contribution is -2.43. The van der Waals surface area contributed by atoms with E-state index in [4.69, 9.17) is 21.7 Å². The molecular formula is C15H16N4O3S. The van der Waals surface area contributed by atoms with E-state index in [1.165, 1.54) is 6.20 Å². The minimum Gasteiger partial charge on any atom is -0.497 e. The third kappa shape index (κ3) is 4.55. The van der Waals surface area contributed by atoms with Crippen molar-refractivity contribution < 1.29 is 14.3 Å². The number of amides is 1. The molecule has 0 aliphatic carbocycles. The fourth-order valence-corrected chi connectivity index (χ4v) is 1.91. The van der Waals surface area contributed by atoms with Crippen LogP contribution in [0.15, 0.2) is 42.7 Å². The summed E-state index contributed by atoms with van der Waals surface area (Å²) in [4.78, 5) is 15.8. The van der Waals surface area contributed by atoms with Crippen LogP contribution in [0.3, 0.4) is 0 Å². The normalized spacial score (nSPS) is 9.65. The highest BCUT2D eigenvalue weighted by atomic mass is 32.1. The van der Waals surface area contributed by atoms with Crippen LogP contribution in [0.5, 0.6) is 11.5 Å². The molecule has 0 unspecified atom stereocenters. The maximum Gasteiger partial charge on any atom is 0.271 e. The average molecular weight is 332 g/mol. The SMILES string of the molecule is COc1ccc(OC)c(NC(=S)NNC(=O)c2cccnc2)c1. The van der Waals surface area contributed by atoms with Crippen LogP contribution < -0.4 is 25.6 Å². The van der Waals surface area contributed by atoms with E-state index in [9.17, 15) is 4.79 Å². The number of benzene rings is 1. The molecule has 0 atom stereocenters. The zero-order valence-corrected chi connectivity index (χ0v) is 13.4. The summed E-state index contributed by atoms with van der Waals surface area (Å²) in [7, 11) is 3.12. The van der Waals surface area contributed by atoms with Crippen LogP contribution in [0.4, 0.5) is 5.69 Å². The molecule has 0 bridgehead atoms. The molecule has 0 aliphatic heterocycles. The molecule has 0 saturated carbocycles. The minimum absolute atomic E-state index is 0.203. The summed E-state index contributed by atoms with van der Waals surface area (Å²) < 4.78 is 10.4. The third-order valence-corrected chi connectivity index (χ3v) is 3.07. The van der Waals surface area contributed by atoms with Gasteiger partial charge < -0.3 is 14.8 Å². The molecular weight excluding hydrogens is 316 g/mol. The largest absolute Gasteiger partial charge is 0.497 e.